The average molecular weight is 253 g/mol. The number of hydrogen-bond donors (Lipinski definition) is 1. The van der Waals surface area contributed by atoms with E-state index in [1.165, 1.54) is 0 Å². The summed E-state index contributed by atoms with van der Waals surface area (Å²) in [4.78, 5) is 4.20. The van der Waals surface area contributed by atoms with Gasteiger partial charge in [-0.15, -0.1) is 0 Å². The van der Waals surface area contributed by atoms with E-state index in [4.69, 9.17) is 15.2 Å². The number of hydrogen-bond acceptors (Lipinski definition) is 4. The topological polar surface area (TPSA) is 62.3 Å². The fourth-order valence-corrected chi connectivity index (χ4v) is 2.26. The van der Waals surface area contributed by atoms with Crippen molar-refractivity contribution in [2.24, 2.45) is 11.7 Å². The molecule has 18 heavy (non-hydrogen) atoms. The first-order chi connectivity index (χ1) is 8.68. The molecule has 0 bridgehead atoms. The quantitative estimate of drug-likeness (QED) is 0.831. The van der Waals surface area contributed by atoms with E-state index >= 15 is 0 Å². The number of nitrogens with two attached hydrogens (primary N) is 1. The van der Waals surface area contributed by atoms with Gasteiger partial charge < -0.3 is 19.8 Å². The smallest absolute Gasteiger partial charge is 0.0949 e. The van der Waals surface area contributed by atoms with E-state index in [1.807, 2.05) is 26.4 Å². The van der Waals surface area contributed by atoms with Crippen molar-refractivity contribution in [2.75, 3.05) is 19.8 Å². The number of nitrogens with zero attached hydrogens (tertiary/aromatic N) is 2. The number of ether oxygens (including phenoxy) is 2. The molecule has 1 aromatic heterocycles. The third kappa shape index (κ3) is 3.31. The predicted octanol–water partition coefficient (Wildman–Crippen LogP) is 1.34. The second-order valence-electron chi connectivity index (χ2n) is 5.08. The molecular weight excluding hydrogens is 230 g/mol. The van der Waals surface area contributed by atoms with Gasteiger partial charge in [-0.1, -0.05) is 0 Å². The van der Waals surface area contributed by atoms with Crippen molar-refractivity contribution in [2.45, 2.75) is 39.0 Å². The Kier molecular flexibility index (Phi) is 4.74. The zero-order chi connectivity index (χ0) is 13.0. The highest BCUT2D eigenvalue weighted by atomic mass is 16.5. The summed E-state index contributed by atoms with van der Waals surface area (Å²) in [5.74, 6) is 0.409. The van der Waals surface area contributed by atoms with Crippen LogP contribution in [0.1, 0.15) is 32.0 Å². The van der Waals surface area contributed by atoms with E-state index in [-0.39, 0.29) is 12.1 Å². The fraction of sp³-hybridized carbons (Fsp3) is 0.769. The van der Waals surface area contributed by atoms with Crippen LogP contribution in [0, 0.1) is 5.92 Å². The first kappa shape index (κ1) is 13.5. The van der Waals surface area contributed by atoms with Gasteiger partial charge in [0, 0.05) is 25.3 Å². The number of imidazole rings is 1. The Balaban J connectivity index is 1.93. The lowest BCUT2D eigenvalue weighted by Gasteiger charge is -2.19. The molecule has 2 rings (SSSR count). The lowest BCUT2D eigenvalue weighted by atomic mass is 9.97. The van der Waals surface area contributed by atoms with Crippen LogP contribution < -0.4 is 5.73 Å². The highest BCUT2D eigenvalue weighted by Crippen LogP contribution is 2.26. The van der Waals surface area contributed by atoms with Crippen LogP contribution in [0.15, 0.2) is 12.5 Å². The summed E-state index contributed by atoms with van der Waals surface area (Å²) in [6, 6.07) is 0.00838. The Morgan fingerprint density at radius 1 is 1.61 bits per heavy atom. The lowest BCUT2D eigenvalue weighted by Crippen LogP contribution is -2.25. The molecule has 0 aromatic carbocycles. The molecule has 0 aliphatic carbocycles. The molecule has 0 radical (unpaired) electrons. The van der Waals surface area contributed by atoms with Crippen LogP contribution in [-0.2, 0) is 16.0 Å². The van der Waals surface area contributed by atoms with Crippen LogP contribution in [0.3, 0.4) is 0 Å². The van der Waals surface area contributed by atoms with Gasteiger partial charge >= 0.3 is 0 Å². The molecule has 1 aromatic rings. The summed E-state index contributed by atoms with van der Waals surface area (Å²) >= 11 is 0. The minimum atomic E-state index is 0.00838. The standard InChI is InChI=1S/C13H23N3O2/c1-10(2)18-6-4-16-9-15-7-12(16)13(14)11-3-5-17-8-11/h7,9-11,13H,3-6,8,14H2,1-2H3. The predicted molar refractivity (Wildman–Crippen MR) is 69.2 cm³/mol. The SMILES string of the molecule is CC(C)OCCn1cncc1C(N)C1CCOC1. The zero-order valence-corrected chi connectivity index (χ0v) is 11.2. The van der Waals surface area contributed by atoms with Gasteiger partial charge in [0.25, 0.3) is 0 Å². The third-order valence-corrected chi connectivity index (χ3v) is 3.34. The van der Waals surface area contributed by atoms with Crippen LogP contribution >= 0.6 is 0 Å². The molecule has 102 valence electrons. The van der Waals surface area contributed by atoms with E-state index in [0.29, 0.717) is 12.5 Å². The Labute approximate surface area is 108 Å². The average Bonchev–Trinajstić information content (AvgIpc) is 2.98. The molecule has 0 amide bonds. The summed E-state index contributed by atoms with van der Waals surface area (Å²) < 4.78 is 13.0. The van der Waals surface area contributed by atoms with Crippen LogP contribution in [0.5, 0.6) is 0 Å². The molecule has 0 spiro atoms. The highest BCUT2D eigenvalue weighted by Gasteiger charge is 2.26. The summed E-state index contributed by atoms with van der Waals surface area (Å²) in [5.41, 5.74) is 7.38. The van der Waals surface area contributed by atoms with Gasteiger partial charge in [-0.2, -0.15) is 0 Å². The van der Waals surface area contributed by atoms with Crippen LogP contribution in [0.2, 0.25) is 0 Å². The first-order valence-corrected chi connectivity index (χ1v) is 6.63. The highest BCUT2D eigenvalue weighted by molar-refractivity contribution is 5.07. The molecule has 2 atom stereocenters. The van der Waals surface area contributed by atoms with E-state index in [1.54, 1.807) is 0 Å². The number of rotatable bonds is 6. The maximum Gasteiger partial charge on any atom is 0.0949 e. The van der Waals surface area contributed by atoms with Gasteiger partial charge in [0.1, 0.15) is 0 Å². The van der Waals surface area contributed by atoms with Gasteiger partial charge in [-0.3, -0.25) is 0 Å². The molecule has 1 aliphatic rings. The van der Waals surface area contributed by atoms with Crippen molar-refractivity contribution in [3.05, 3.63) is 18.2 Å². The first-order valence-electron chi connectivity index (χ1n) is 6.63. The van der Waals surface area contributed by atoms with Crippen molar-refractivity contribution in [3.8, 4) is 0 Å². The van der Waals surface area contributed by atoms with Crippen molar-refractivity contribution in [1.82, 2.24) is 9.55 Å². The Bertz CT molecular complexity index is 359. The van der Waals surface area contributed by atoms with Crippen LogP contribution in [0.4, 0.5) is 0 Å². The second kappa shape index (κ2) is 6.31. The van der Waals surface area contributed by atoms with Crippen molar-refractivity contribution < 1.29 is 9.47 Å². The molecule has 1 saturated heterocycles. The Morgan fingerprint density at radius 2 is 2.44 bits per heavy atom. The summed E-state index contributed by atoms with van der Waals surface area (Å²) in [5, 5.41) is 0. The largest absolute Gasteiger partial charge is 0.381 e. The van der Waals surface area contributed by atoms with E-state index in [9.17, 15) is 0 Å². The van der Waals surface area contributed by atoms with Crippen molar-refractivity contribution in [1.29, 1.82) is 0 Å². The normalized spacial score (nSPS) is 21.7. The van der Waals surface area contributed by atoms with Gasteiger partial charge in [0.05, 0.1) is 37.4 Å². The molecule has 5 heteroatoms. The van der Waals surface area contributed by atoms with Gasteiger partial charge in [-0.05, 0) is 20.3 Å². The monoisotopic (exact) mass is 253 g/mol. The lowest BCUT2D eigenvalue weighted by molar-refractivity contribution is 0.0720. The molecule has 5 nitrogen and oxygen atoms in total. The van der Waals surface area contributed by atoms with Gasteiger partial charge in [-0.25, -0.2) is 4.98 Å². The summed E-state index contributed by atoms with van der Waals surface area (Å²) in [7, 11) is 0. The number of aromatic nitrogens is 2. The maximum atomic E-state index is 6.30. The summed E-state index contributed by atoms with van der Waals surface area (Å²) in [6.07, 6.45) is 4.98. The molecule has 1 fully saturated rings. The van der Waals surface area contributed by atoms with E-state index in [0.717, 1.165) is 31.9 Å². The summed E-state index contributed by atoms with van der Waals surface area (Å²) in [6.45, 7) is 7.15. The van der Waals surface area contributed by atoms with Gasteiger partial charge in [0.2, 0.25) is 0 Å². The molecule has 2 unspecified atom stereocenters. The zero-order valence-electron chi connectivity index (χ0n) is 11.2. The van der Waals surface area contributed by atoms with E-state index < -0.39 is 0 Å². The van der Waals surface area contributed by atoms with Gasteiger partial charge in [0.15, 0.2) is 0 Å². The van der Waals surface area contributed by atoms with Crippen LogP contribution in [0.25, 0.3) is 0 Å². The minimum absolute atomic E-state index is 0.00838. The molecule has 1 aliphatic heterocycles. The Morgan fingerprint density at radius 3 is 3.11 bits per heavy atom. The maximum absolute atomic E-state index is 6.30. The van der Waals surface area contributed by atoms with Crippen LogP contribution in [-0.4, -0.2) is 35.5 Å². The molecule has 0 saturated carbocycles. The third-order valence-electron chi connectivity index (χ3n) is 3.34. The van der Waals surface area contributed by atoms with E-state index in [2.05, 4.69) is 9.55 Å². The fourth-order valence-electron chi connectivity index (χ4n) is 2.26. The minimum Gasteiger partial charge on any atom is -0.381 e. The molecular formula is C13H23N3O2. The van der Waals surface area contributed by atoms with Crippen molar-refractivity contribution >= 4 is 0 Å². The second-order valence-corrected chi connectivity index (χ2v) is 5.08. The molecule has 2 heterocycles. The Hall–Kier alpha value is -0.910. The molecule has 2 N–H and O–H groups in total. The van der Waals surface area contributed by atoms with Crippen molar-refractivity contribution in [3.63, 3.8) is 0 Å².